The number of unbranched alkanes of at least 4 members (excludes halogenated alkanes) is 1. The molecule has 0 aromatic rings. The van der Waals surface area contributed by atoms with E-state index < -0.39 is 17.6 Å². The summed E-state index contributed by atoms with van der Waals surface area (Å²) in [6.07, 6.45) is 3.28. The molecule has 3 N–H and O–H groups in total. The van der Waals surface area contributed by atoms with Crippen LogP contribution in [0.15, 0.2) is 0 Å². The fourth-order valence-corrected chi connectivity index (χ4v) is 2.38. The first-order valence-corrected chi connectivity index (χ1v) is 9.28. The van der Waals surface area contributed by atoms with Gasteiger partial charge in [0.25, 0.3) is 5.91 Å². The van der Waals surface area contributed by atoms with Crippen LogP contribution < -0.4 is 10.6 Å². The van der Waals surface area contributed by atoms with Gasteiger partial charge in [0.15, 0.2) is 0 Å². The number of aliphatic hydroxyl groups is 1. The molecule has 0 saturated heterocycles. The minimum absolute atomic E-state index is 0.0437. The molecule has 0 aliphatic rings. The molecule has 0 aliphatic carbocycles. The van der Waals surface area contributed by atoms with Crippen LogP contribution >= 0.6 is 0 Å². The number of rotatable bonds is 11. The van der Waals surface area contributed by atoms with E-state index in [9.17, 15) is 14.7 Å². The van der Waals surface area contributed by atoms with Gasteiger partial charge in [-0.25, -0.2) is 0 Å². The molecular formula is C19H38N2O3. The zero-order chi connectivity index (χ0) is 18.9. The van der Waals surface area contributed by atoms with Crippen molar-refractivity contribution in [1.82, 2.24) is 10.6 Å². The van der Waals surface area contributed by atoms with Crippen molar-refractivity contribution in [1.29, 1.82) is 0 Å². The summed E-state index contributed by atoms with van der Waals surface area (Å²) < 4.78 is 0. The Bertz CT molecular complexity index is 390. The van der Waals surface area contributed by atoms with Gasteiger partial charge in [0.2, 0.25) is 5.91 Å². The van der Waals surface area contributed by atoms with Crippen LogP contribution in [0.3, 0.4) is 0 Å². The Hall–Kier alpha value is -1.10. The maximum Gasteiger partial charge on any atom is 0.252 e. The van der Waals surface area contributed by atoms with Gasteiger partial charge >= 0.3 is 0 Å². The van der Waals surface area contributed by atoms with Crippen LogP contribution in [0.2, 0.25) is 0 Å². The largest absolute Gasteiger partial charge is 0.380 e. The highest BCUT2D eigenvalue weighted by Crippen LogP contribution is 2.17. The van der Waals surface area contributed by atoms with Crippen LogP contribution in [0.5, 0.6) is 0 Å². The van der Waals surface area contributed by atoms with Crippen molar-refractivity contribution in [3.8, 4) is 0 Å². The maximum atomic E-state index is 12.4. The standard InChI is InChI=1S/C19H38N2O3/c1-13(2)10-8-9-11-19(7,24)18(23)21-16(15(5)6)17(22)20-12-14(3)4/h13-16,24H,8-12H2,1-7H3,(H,20,22)(H,21,23)/t16-,19?/m0/s1. The van der Waals surface area contributed by atoms with Gasteiger partial charge in [0.05, 0.1) is 0 Å². The first kappa shape index (κ1) is 22.9. The predicted molar refractivity (Wildman–Crippen MR) is 98.5 cm³/mol. The summed E-state index contributed by atoms with van der Waals surface area (Å²) in [5.74, 6) is 0.270. The van der Waals surface area contributed by atoms with Gasteiger partial charge in [-0.3, -0.25) is 9.59 Å². The molecule has 0 radical (unpaired) electrons. The zero-order valence-corrected chi connectivity index (χ0v) is 16.6. The lowest BCUT2D eigenvalue weighted by molar-refractivity contribution is -0.142. The fraction of sp³-hybridized carbons (Fsp3) is 0.895. The predicted octanol–water partition coefficient (Wildman–Crippen LogP) is 2.87. The lowest BCUT2D eigenvalue weighted by atomic mass is 9.94. The number of hydrogen-bond donors (Lipinski definition) is 3. The average Bonchev–Trinajstić information content (AvgIpc) is 2.45. The highest BCUT2D eigenvalue weighted by Gasteiger charge is 2.34. The van der Waals surface area contributed by atoms with Crippen LogP contribution in [-0.4, -0.2) is 35.1 Å². The Morgan fingerprint density at radius 1 is 1.00 bits per heavy atom. The second-order valence-electron chi connectivity index (χ2n) is 8.25. The quantitative estimate of drug-likeness (QED) is 0.505. The minimum Gasteiger partial charge on any atom is -0.380 e. The van der Waals surface area contributed by atoms with E-state index in [1.54, 1.807) is 0 Å². The molecule has 0 saturated carbocycles. The van der Waals surface area contributed by atoms with E-state index in [0.29, 0.717) is 24.8 Å². The van der Waals surface area contributed by atoms with Crippen molar-refractivity contribution < 1.29 is 14.7 Å². The molecule has 0 aromatic carbocycles. The van der Waals surface area contributed by atoms with Crippen LogP contribution in [0.25, 0.3) is 0 Å². The summed E-state index contributed by atoms with van der Waals surface area (Å²) in [5.41, 5.74) is -1.44. The third-order valence-corrected chi connectivity index (χ3v) is 4.10. The van der Waals surface area contributed by atoms with Gasteiger partial charge in [-0.05, 0) is 31.1 Å². The average molecular weight is 343 g/mol. The number of amides is 2. The Morgan fingerprint density at radius 2 is 1.58 bits per heavy atom. The maximum absolute atomic E-state index is 12.4. The molecule has 0 heterocycles. The Labute approximate surface area is 148 Å². The normalized spacial score (nSPS) is 15.5. The number of hydrogen-bond acceptors (Lipinski definition) is 3. The van der Waals surface area contributed by atoms with E-state index in [4.69, 9.17) is 0 Å². The van der Waals surface area contributed by atoms with Crippen molar-refractivity contribution in [2.45, 2.75) is 85.8 Å². The van der Waals surface area contributed by atoms with Crippen molar-refractivity contribution in [2.75, 3.05) is 6.54 Å². The molecule has 0 rings (SSSR count). The molecule has 5 nitrogen and oxygen atoms in total. The monoisotopic (exact) mass is 342 g/mol. The molecule has 1 unspecified atom stereocenters. The molecule has 0 aliphatic heterocycles. The minimum atomic E-state index is -1.44. The van der Waals surface area contributed by atoms with Gasteiger partial charge in [-0.1, -0.05) is 60.8 Å². The summed E-state index contributed by atoms with van der Waals surface area (Å²) in [4.78, 5) is 24.7. The summed E-state index contributed by atoms with van der Waals surface area (Å²) in [5, 5.41) is 16.0. The van der Waals surface area contributed by atoms with E-state index in [1.807, 2.05) is 27.7 Å². The third-order valence-electron chi connectivity index (χ3n) is 4.10. The Balaban J connectivity index is 4.60. The molecule has 0 spiro atoms. The van der Waals surface area contributed by atoms with E-state index in [0.717, 1.165) is 19.3 Å². The third kappa shape index (κ3) is 9.26. The fourth-order valence-electron chi connectivity index (χ4n) is 2.38. The van der Waals surface area contributed by atoms with Gasteiger partial charge < -0.3 is 15.7 Å². The number of carbonyl (C=O) groups is 2. The van der Waals surface area contributed by atoms with Crippen molar-refractivity contribution in [3.05, 3.63) is 0 Å². The lowest BCUT2D eigenvalue weighted by Crippen LogP contribution is -2.55. The molecule has 24 heavy (non-hydrogen) atoms. The summed E-state index contributed by atoms with van der Waals surface area (Å²) in [6, 6.07) is -0.626. The number of nitrogens with one attached hydrogen (secondary N) is 2. The van der Waals surface area contributed by atoms with Gasteiger partial charge in [-0.2, -0.15) is 0 Å². The van der Waals surface area contributed by atoms with Crippen molar-refractivity contribution >= 4 is 11.8 Å². The Morgan fingerprint density at radius 3 is 2.04 bits per heavy atom. The summed E-state index contributed by atoms with van der Waals surface area (Å²) in [6.45, 7) is 14.2. The van der Waals surface area contributed by atoms with Crippen LogP contribution in [-0.2, 0) is 9.59 Å². The summed E-state index contributed by atoms with van der Waals surface area (Å²) >= 11 is 0. The highest BCUT2D eigenvalue weighted by atomic mass is 16.3. The topological polar surface area (TPSA) is 78.4 Å². The Kier molecular flexibility index (Phi) is 10.2. The van der Waals surface area contributed by atoms with E-state index in [-0.39, 0.29) is 11.8 Å². The molecule has 142 valence electrons. The van der Waals surface area contributed by atoms with E-state index >= 15 is 0 Å². The van der Waals surface area contributed by atoms with E-state index in [2.05, 4.69) is 24.5 Å². The van der Waals surface area contributed by atoms with E-state index in [1.165, 1.54) is 6.92 Å². The van der Waals surface area contributed by atoms with Crippen LogP contribution in [0, 0.1) is 17.8 Å². The van der Waals surface area contributed by atoms with Gasteiger partial charge in [-0.15, -0.1) is 0 Å². The molecule has 0 fully saturated rings. The van der Waals surface area contributed by atoms with Gasteiger partial charge in [0, 0.05) is 6.54 Å². The molecule has 0 bridgehead atoms. The molecule has 2 amide bonds. The first-order valence-electron chi connectivity index (χ1n) is 9.28. The smallest absolute Gasteiger partial charge is 0.252 e. The molecule has 0 aromatic heterocycles. The number of carbonyl (C=O) groups excluding carboxylic acids is 2. The van der Waals surface area contributed by atoms with Gasteiger partial charge in [0.1, 0.15) is 11.6 Å². The molecule has 2 atom stereocenters. The van der Waals surface area contributed by atoms with Crippen LogP contribution in [0.1, 0.15) is 74.1 Å². The molecular weight excluding hydrogens is 304 g/mol. The van der Waals surface area contributed by atoms with Crippen molar-refractivity contribution in [3.63, 3.8) is 0 Å². The second-order valence-corrected chi connectivity index (χ2v) is 8.25. The first-order chi connectivity index (χ1) is 11.0. The summed E-state index contributed by atoms with van der Waals surface area (Å²) in [7, 11) is 0. The second kappa shape index (κ2) is 10.7. The highest BCUT2D eigenvalue weighted by molar-refractivity contribution is 5.91. The van der Waals surface area contributed by atoms with Crippen LogP contribution in [0.4, 0.5) is 0 Å². The SMILES string of the molecule is CC(C)CCCCC(C)(O)C(=O)N[C@H](C(=O)NCC(C)C)C(C)C. The van der Waals surface area contributed by atoms with Crippen molar-refractivity contribution in [2.24, 2.45) is 17.8 Å². The lowest BCUT2D eigenvalue weighted by Gasteiger charge is -2.28. The molecule has 5 heteroatoms. The zero-order valence-electron chi connectivity index (χ0n) is 16.6.